The molecule has 0 aromatic carbocycles. The second-order valence-electron chi connectivity index (χ2n) is 5.74. The fourth-order valence-corrected chi connectivity index (χ4v) is 2.27. The Morgan fingerprint density at radius 2 is 1.94 bits per heavy atom. The molecule has 0 radical (unpaired) electrons. The molecule has 0 spiro atoms. The van der Waals surface area contributed by atoms with Crippen molar-refractivity contribution in [3.63, 3.8) is 0 Å². The Labute approximate surface area is 110 Å². The van der Waals surface area contributed by atoms with Crippen LogP contribution in [-0.2, 0) is 4.79 Å². The maximum absolute atomic E-state index is 11.1. The van der Waals surface area contributed by atoms with Gasteiger partial charge in [0.1, 0.15) is 0 Å². The molecule has 1 fully saturated rings. The van der Waals surface area contributed by atoms with E-state index in [1.54, 1.807) is 6.92 Å². The molecule has 5 nitrogen and oxygen atoms in total. The lowest BCUT2D eigenvalue weighted by atomic mass is 9.96. The van der Waals surface area contributed by atoms with E-state index in [4.69, 9.17) is 11.5 Å². The SMILES string of the molecule is CN(CCCC(C)(N)C(N)=O)CCN1CCCC1. The largest absolute Gasteiger partial charge is 0.368 e. The number of carbonyl (C=O) groups excluding carboxylic acids is 1. The molecule has 0 saturated carbocycles. The first kappa shape index (κ1) is 15.4. The van der Waals surface area contributed by atoms with Gasteiger partial charge in [-0.2, -0.15) is 0 Å². The van der Waals surface area contributed by atoms with Crippen LogP contribution in [0.3, 0.4) is 0 Å². The van der Waals surface area contributed by atoms with Crippen molar-refractivity contribution in [1.29, 1.82) is 0 Å². The van der Waals surface area contributed by atoms with Gasteiger partial charge >= 0.3 is 0 Å². The maximum atomic E-state index is 11.1. The second-order valence-corrected chi connectivity index (χ2v) is 5.74. The van der Waals surface area contributed by atoms with E-state index in [2.05, 4.69) is 16.8 Å². The predicted octanol–water partition coefficient (Wildman–Crippen LogP) is -0.00310. The monoisotopic (exact) mass is 256 g/mol. The summed E-state index contributed by atoms with van der Waals surface area (Å²) in [6.45, 7) is 7.39. The van der Waals surface area contributed by atoms with Crippen molar-refractivity contribution in [2.24, 2.45) is 11.5 Å². The van der Waals surface area contributed by atoms with E-state index >= 15 is 0 Å². The summed E-state index contributed by atoms with van der Waals surface area (Å²) in [4.78, 5) is 15.9. The zero-order chi connectivity index (χ0) is 13.6. The highest BCUT2D eigenvalue weighted by atomic mass is 16.1. The van der Waals surface area contributed by atoms with Crippen LogP contribution in [0.25, 0.3) is 0 Å². The van der Waals surface area contributed by atoms with Crippen molar-refractivity contribution in [3.05, 3.63) is 0 Å². The number of rotatable bonds is 8. The summed E-state index contributed by atoms with van der Waals surface area (Å²) < 4.78 is 0. The van der Waals surface area contributed by atoms with Gasteiger partial charge in [-0.05, 0) is 59.3 Å². The van der Waals surface area contributed by atoms with Crippen LogP contribution in [0, 0.1) is 0 Å². The summed E-state index contributed by atoms with van der Waals surface area (Å²) in [5.74, 6) is -0.415. The van der Waals surface area contributed by atoms with Gasteiger partial charge in [0.05, 0.1) is 5.54 Å². The summed E-state index contributed by atoms with van der Waals surface area (Å²) in [7, 11) is 2.12. The number of hydrogen-bond acceptors (Lipinski definition) is 4. The van der Waals surface area contributed by atoms with Crippen LogP contribution in [0.4, 0.5) is 0 Å². The number of likely N-dealkylation sites (N-methyl/N-ethyl adjacent to an activating group) is 1. The number of nitrogens with two attached hydrogens (primary N) is 2. The molecule has 0 aromatic rings. The molecule has 1 aliphatic rings. The number of likely N-dealkylation sites (tertiary alicyclic amines) is 1. The van der Waals surface area contributed by atoms with Crippen molar-refractivity contribution >= 4 is 5.91 Å². The average molecular weight is 256 g/mol. The van der Waals surface area contributed by atoms with E-state index in [-0.39, 0.29) is 0 Å². The molecule has 18 heavy (non-hydrogen) atoms. The molecule has 0 aromatic heterocycles. The molecule has 1 amide bonds. The van der Waals surface area contributed by atoms with Gasteiger partial charge < -0.3 is 21.3 Å². The van der Waals surface area contributed by atoms with Crippen LogP contribution in [0.5, 0.6) is 0 Å². The van der Waals surface area contributed by atoms with Crippen molar-refractivity contribution < 1.29 is 4.79 Å². The smallest absolute Gasteiger partial charge is 0.237 e. The molecule has 4 N–H and O–H groups in total. The van der Waals surface area contributed by atoms with Crippen LogP contribution in [0.1, 0.15) is 32.6 Å². The van der Waals surface area contributed by atoms with Crippen molar-refractivity contribution in [2.45, 2.75) is 38.1 Å². The minimum Gasteiger partial charge on any atom is -0.368 e. The van der Waals surface area contributed by atoms with E-state index < -0.39 is 11.4 Å². The van der Waals surface area contributed by atoms with Crippen LogP contribution in [0.2, 0.25) is 0 Å². The highest BCUT2D eigenvalue weighted by molar-refractivity contribution is 5.83. The number of primary amides is 1. The van der Waals surface area contributed by atoms with Gasteiger partial charge in [-0.25, -0.2) is 0 Å². The topological polar surface area (TPSA) is 75.6 Å². The predicted molar refractivity (Wildman–Crippen MR) is 74.2 cm³/mol. The van der Waals surface area contributed by atoms with E-state index in [0.29, 0.717) is 6.42 Å². The summed E-state index contributed by atoms with van der Waals surface area (Å²) in [5.41, 5.74) is 10.2. The molecule has 1 rings (SSSR count). The highest BCUT2D eigenvalue weighted by Crippen LogP contribution is 2.09. The number of hydrogen-bond donors (Lipinski definition) is 2. The normalized spacial score (nSPS) is 20.2. The molecule has 1 heterocycles. The number of carbonyl (C=O) groups is 1. The summed E-state index contributed by atoms with van der Waals surface area (Å²) in [6, 6.07) is 0. The van der Waals surface area contributed by atoms with Gasteiger partial charge in [0, 0.05) is 13.1 Å². The van der Waals surface area contributed by atoms with Gasteiger partial charge in [-0.3, -0.25) is 4.79 Å². The van der Waals surface area contributed by atoms with E-state index in [0.717, 1.165) is 26.1 Å². The first-order valence-corrected chi connectivity index (χ1v) is 6.91. The van der Waals surface area contributed by atoms with Crippen molar-refractivity contribution in [1.82, 2.24) is 9.80 Å². The first-order chi connectivity index (χ1) is 8.42. The summed E-state index contributed by atoms with van der Waals surface area (Å²) >= 11 is 0. The minimum absolute atomic E-state index is 0.415. The van der Waals surface area contributed by atoms with E-state index in [1.165, 1.54) is 25.9 Å². The Morgan fingerprint density at radius 1 is 1.33 bits per heavy atom. The molecule has 1 unspecified atom stereocenters. The zero-order valence-electron chi connectivity index (χ0n) is 11.8. The minimum atomic E-state index is -0.865. The van der Waals surface area contributed by atoms with Crippen LogP contribution in [0.15, 0.2) is 0 Å². The third-order valence-corrected chi connectivity index (χ3v) is 3.80. The molecule has 5 heteroatoms. The lowest BCUT2D eigenvalue weighted by Gasteiger charge is -2.24. The third-order valence-electron chi connectivity index (χ3n) is 3.80. The molecule has 1 atom stereocenters. The third kappa shape index (κ3) is 5.33. The van der Waals surface area contributed by atoms with Gasteiger partial charge in [-0.1, -0.05) is 0 Å². The Kier molecular flexibility index (Phi) is 6.05. The Hall–Kier alpha value is -0.650. The van der Waals surface area contributed by atoms with Crippen LogP contribution in [-0.4, -0.2) is 61.0 Å². The highest BCUT2D eigenvalue weighted by Gasteiger charge is 2.24. The van der Waals surface area contributed by atoms with Gasteiger partial charge in [-0.15, -0.1) is 0 Å². The Morgan fingerprint density at radius 3 is 2.50 bits per heavy atom. The second kappa shape index (κ2) is 7.07. The fraction of sp³-hybridized carbons (Fsp3) is 0.923. The zero-order valence-corrected chi connectivity index (χ0v) is 11.8. The standard InChI is InChI=1S/C13H28N4O/c1-13(15,12(14)18)6-5-7-16(2)10-11-17-8-3-4-9-17/h3-11,15H2,1-2H3,(H2,14,18). The number of amides is 1. The molecular formula is C13H28N4O. The molecule has 1 saturated heterocycles. The quantitative estimate of drug-likeness (QED) is 0.641. The van der Waals surface area contributed by atoms with Gasteiger partial charge in [0.25, 0.3) is 0 Å². The Bertz CT molecular complexity index is 262. The molecule has 0 bridgehead atoms. The van der Waals surface area contributed by atoms with Gasteiger partial charge in [0.2, 0.25) is 5.91 Å². The van der Waals surface area contributed by atoms with Crippen LogP contribution >= 0.6 is 0 Å². The number of nitrogens with zero attached hydrogens (tertiary/aromatic N) is 2. The van der Waals surface area contributed by atoms with E-state index in [9.17, 15) is 4.79 Å². The molecule has 106 valence electrons. The fourth-order valence-electron chi connectivity index (χ4n) is 2.27. The molecule has 0 aliphatic carbocycles. The summed E-state index contributed by atoms with van der Waals surface area (Å²) in [5, 5.41) is 0. The summed E-state index contributed by atoms with van der Waals surface area (Å²) in [6.07, 6.45) is 4.24. The van der Waals surface area contributed by atoms with Crippen LogP contribution < -0.4 is 11.5 Å². The molecular weight excluding hydrogens is 228 g/mol. The van der Waals surface area contributed by atoms with E-state index in [1.807, 2.05) is 0 Å². The lowest BCUT2D eigenvalue weighted by Crippen LogP contribution is -2.49. The van der Waals surface area contributed by atoms with Gasteiger partial charge in [0.15, 0.2) is 0 Å². The molecule has 1 aliphatic heterocycles. The average Bonchev–Trinajstić information content (AvgIpc) is 2.78. The maximum Gasteiger partial charge on any atom is 0.237 e. The van der Waals surface area contributed by atoms with Crippen molar-refractivity contribution in [2.75, 3.05) is 39.8 Å². The lowest BCUT2D eigenvalue weighted by molar-refractivity contribution is -0.122. The Balaban J connectivity index is 2.09. The first-order valence-electron chi connectivity index (χ1n) is 6.91. The van der Waals surface area contributed by atoms with Crippen molar-refractivity contribution in [3.8, 4) is 0 Å².